The number of carbonyl (C=O) groups is 2. The molecule has 8 nitrogen and oxygen atoms in total. The first kappa shape index (κ1) is 19.0. The minimum absolute atomic E-state index is 0.0580. The maximum absolute atomic E-state index is 12.2. The number of benzene rings is 1. The fourth-order valence-electron chi connectivity index (χ4n) is 2.08. The van der Waals surface area contributed by atoms with Gasteiger partial charge in [-0.3, -0.25) is 9.59 Å². The average Bonchev–Trinajstić information content (AvgIpc) is 3.17. The summed E-state index contributed by atoms with van der Waals surface area (Å²) in [6.07, 6.45) is 1.60. The molecule has 0 unspecified atom stereocenters. The molecule has 0 aliphatic carbocycles. The molecule has 2 rings (SSSR count). The van der Waals surface area contributed by atoms with Crippen LogP contribution in [0.15, 0.2) is 46.1 Å². The molecule has 0 aliphatic rings. The number of hydrogen-bond donors (Lipinski definition) is 2. The van der Waals surface area contributed by atoms with Crippen molar-refractivity contribution in [2.24, 2.45) is 5.10 Å². The highest BCUT2D eigenvalue weighted by molar-refractivity contribution is 6.01. The van der Waals surface area contributed by atoms with Crippen LogP contribution in [0.3, 0.4) is 0 Å². The van der Waals surface area contributed by atoms with Crippen molar-refractivity contribution < 1.29 is 23.5 Å². The third kappa shape index (κ3) is 5.66. The van der Waals surface area contributed by atoms with Gasteiger partial charge in [0.25, 0.3) is 5.91 Å². The molecular weight excluding hydrogens is 338 g/mol. The van der Waals surface area contributed by atoms with Crippen molar-refractivity contribution in [3.63, 3.8) is 0 Å². The highest BCUT2D eigenvalue weighted by atomic mass is 16.5. The molecular formula is C18H21N3O5. The van der Waals surface area contributed by atoms with Crippen LogP contribution >= 0.6 is 0 Å². The zero-order valence-electron chi connectivity index (χ0n) is 14.9. The maximum Gasteiger partial charge on any atom is 0.271 e. The molecule has 1 aromatic heterocycles. The Morgan fingerprint density at radius 1 is 1.15 bits per heavy atom. The van der Waals surface area contributed by atoms with E-state index in [0.717, 1.165) is 0 Å². The smallest absolute Gasteiger partial charge is 0.271 e. The summed E-state index contributed by atoms with van der Waals surface area (Å²) in [5.41, 5.74) is 3.21. The second kappa shape index (κ2) is 9.26. The normalized spacial score (nSPS) is 11.0. The first-order valence-electron chi connectivity index (χ1n) is 7.87. The number of nitrogens with zero attached hydrogens (tertiary/aromatic N) is 1. The van der Waals surface area contributed by atoms with E-state index >= 15 is 0 Å². The Hall–Kier alpha value is -3.29. The van der Waals surface area contributed by atoms with Gasteiger partial charge in [0.1, 0.15) is 17.3 Å². The number of amides is 2. The Bertz CT molecular complexity index is 762. The molecule has 0 aliphatic heterocycles. The number of hydrazone groups is 1. The molecule has 1 aromatic carbocycles. The van der Waals surface area contributed by atoms with Gasteiger partial charge in [-0.15, -0.1) is 0 Å². The van der Waals surface area contributed by atoms with Gasteiger partial charge in [-0.2, -0.15) is 5.10 Å². The summed E-state index contributed by atoms with van der Waals surface area (Å²) in [7, 11) is 3.00. The molecule has 0 saturated heterocycles. The van der Waals surface area contributed by atoms with E-state index in [9.17, 15) is 9.59 Å². The number of hydrogen-bond acceptors (Lipinski definition) is 6. The van der Waals surface area contributed by atoms with Crippen molar-refractivity contribution in [1.29, 1.82) is 0 Å². The topological polar surface area (TPSA) is 102 Å². The Morgan fingerprint density at radius 3 is 2.42 bits per heavy atom. The molecule has 0 saturated carbocycles. The quantitative estimate of drug-likeness (QED) is 0.555. The number of nitrogens with one attached hydrogen (secondary N) is 2. The third-order valence-electron chi connectivity index (χ3n) is 3.42. The number of methoxy groups -OCH3 is 2. The number of rotatable bonds is 8. The summed E-state index contributed by atoms with van der Waals surface area (Å²) in [4.78, 5) is 24.1. The van der Waals surface area contributed by atoms with Gasteiger partial charge in [0.15, 0.2) is 0 Å². The zero-order chi connectivity index (χ0) is 18.9. The lowest BCUT2D eigenvalue weighted by atomic mass is 10.2. The van der Waals surface area contributed by atoms with Crippen molar-refractivity contribution >= 4 is 17.5 Å². The Labute approximate surface area is 151 Å². The molecule has 2 aromatic rings. The second-order valence-corrected chi connectivity index (χ2v) is 5.42. The van der Waals surface area contributed by atoms with Crippen molar-refractivity contribution in [2.75, 3.05) is 14.2 Å². The maximum atomic E-state index is 12.2. The van der Waals surface area contributed by atoms with Crippen LogP contribution in [0.2, 0.25) is 0 Å². The largest absolute Gasteiger partial charge is 0.497 e. The molecule has 2 amide bonds. The highest BCUT2D eigenvalue weighted by Gasteiger charge is 2.10. The lowest BCUT2D eigenvalue weighted by Gasteiger charge is -2.08. The van der Waals surface area contributed by atoms with Gasteiger partial charge in [0.2, 0.25) is 5.91 Å². The Balaban J connectivity index is 1.89. The summed E-state index contributed by atoms with van der Waals surface area (Å²) in [6, 6.07) is 8.31. The van der Waals surface area contributed by atoms with Crippen molar-refractivity contribution in [3.05, 3.63) is 47.9 Å². The number of furan rings is 1. The van der Waals surface area contributed by atoms with Crippen LogP contribution in [0.25, 0.3) is 0 Å². The van der Waals surface area contributed by atoms with Crippen molar-refractivity contribution in [1.82, 2.24) is 10.7 Å². The van der Waals surface area contributed by atoms with Crippen molar-refractivity contribution in [3.8, 4) is 11.5 Å². The molecule has 0 bridgehead atoms. The molecule has 1 heterocycles. The van der Waals surface area contributed by atoms with Gasteiger partial charge in [-0.25, -0.2) is 5.43 Å². The summed E-state index contributed by atoms with van der Waals surface area (Å²) in [5.74, 6) is 0.991. The minimum Gasteiger partial charge on any atom is -0.497 e. The van der Waals surface area contributed by atoms with Gasteiger partial charge in [0, 0.05) is 17.3 Å². The van der Waals surface area contributed by atoms with E-state index in [4.69, 9.17) is 13.9 Å². The molecule has 138 valence electrons. The van der Waals surface area contributed by atoms with Crippen LogP contribution in [0, 0.1) is 0 Å². The summed E-state index contributed by atoms with van der Waals surface area (Å²) < 4.78 is 15.4. The van der Waals surface area contributed by atoms with Gasteiger partial charge in [0.05, 0.1) is 33.4 Å². The predicted octanol–water partition coefficient (Wildman–Crippen LogP) is 2.11. The lowest BCUT2D eigenvalue weighted by Crippen LogP contribution is -2.26. The molecule has 8 heteroatoms. The van der Waals surface area contributed by atoms with Gasteiger partial charge < -0.3 is 19.2 Å². The fraction of sp³-hybridized carbons (Fsp3) is 0.278. The van der Waals surface area contributed by atoms with Crippen molar-refractivity contribution in [2.45, 2.75) is 19.9 Å². The monoisotopic (exact) mass is 359 g/mol. The van der Waals surface area contributed by atoms with E-state index < -0.39 is 5.91 Å². The van der Waals surface area contributed by atoms with Gasteiger partial charge >= 0.3 is 0 Å². The molecule has 0 fully saturated rings. The molecule has 0 spiro atoms. The summed E-state index contributed by atoms with van der Waals surface area (Å²) in [6.45, 7) is 1.95. The zero-order valence-corrected chi connectivity index (χ0v) is 14.9. The van der Waals surface area contributed by atoms with Crippen LogP contribution in [0.4, 0.5) is 0 Å². The molecule has 0 atom stereocenters. The van der Waals surface area contributed by atoms with Crippen LogP contribution in [0.5, 0.6) is 11.5 Å². The van der Waals surface area contributed by atoms with Crippen LogP contribution < -0.4 is 20.2 Å². The van der Waals surface area contributed by atoms with Crippen LogP contribution in [-0.4, -0.2) is 31.7 Å². The van der Waals surface area contributed by atoms with E-state index in [1.807, 2.05) is 0 Å². The van der Waals surface area contributed by atoms with E-state index in [1.54, 1.807) is 37.3 Å². The molecule has 0 radical (unpaired) electrons. The minimum atomic E-state index is -0.433. The van der Waals surface area contributed by atoms with E-state index in [2.05, 4.69) is 15.8 Å². The van der Waals surface area contributed by atoms with E-state index in [1.165, 1.54) is 20.5 Å². The lowest BCUT2D eigenvalue weighted by molar-refractivity contribution is -0.120. The third-order valence-corrected chi connectivity index (χ3v) is 3.42. The molecule has 26 heavy (non-hydrogen) atoms. The standard InChI is InChI=1S/C18H21N3O5/c1-12(7-17(22)19-11-14-5-4-6-26-14)20-21-18(23)13-8-15(24-2)10-16(9-13)25-3/h4-6,8-10H,7,11H2,1-3H3,(H,19,22)(H,21,23)/b20-12-. The Morgan fingerprint density at radius 2 is 1.85 bits per heavy atom. The Kier molecular flexibility index (Phi) is 6.78. The predicted molar refractivity (Wildman–Crippen MR) is 95.3 cm³/mol. The van der Waals surface area contributed by atoms with E-state index in [-0.39, 0.29) is 12.3 Å². The second-order valence-electron chi connectivity index (χ2n) is 5.42. The summed E-state index contributed by atoms with van der Waals surface area (Å²) in [5, 5.41) is 6.65. The van der Waals surface area contributed by atoms with Crippen LogP contribution in [-0.2, 0) is 11.3 Å². The number of ether oxygens (including phenoxy) is 2. The van der Waals surface area contributed by atoms with Gasteiger partial charge in [-0.1, -0.05) is 0 Å². The van der Waals surface area contributed by atoms with Gasteiger partial charge in [-0.05, 0) is 31.2 Å². The SMILES string of the molecule is COc1cc(OC)cc(C(=O)N/N=C(/C)CC(=O)NCc2ccco2)c1. The first-order valence-corrected chi connectivity index (χ1v) is 7.87. The summed E-state index contributed by atoms with van der Waals surface area (Å²) >= 11 is 0. The highest BCUT2D eigenvalue weighted by Crippen LogP contribution is 2.22. The average molecular weight is 359 g/mol. The molecule has 2 N–H and O–H groups in total. The van der Waals surface area contributed by atoms with E-state index in [0.29, 0.717) is 35.1 Å². The number of carbonyl (C=O) groups excluding carboxylic acids is 2. The van der Waals surface area contributed by atoms with Crippen LogP contribution in [0.1, 0.15) is 29.5 Å². The first-order chi connectivity index (χ1) is 12.5. The fourth-order valence-corrected chi connectivity index (χ4v) is 2.08.